The number of hydrogen-bond acceptors (Lipinski definition) is 3. The largest absolute Gasteiger partial charge is 0.494 e. The highest BCUT2D eigenvalue weighted by Gasteiger charge is 2.56. The van der Waals surface area contributed by atoms with Crippen LogP contribution in [0.5, 0.6) is 5.75 Å². The quantitative estimate of drug-likeness (QED) is 0.706. The van der Waals surface area contributed by atoms with Crippen molar-refractivity contribution in [1.29, 1.82) is 0 Å². The molecule has 0 heterocycles. The number of carbonyl (C=O) groups excluding carboxylic acids is 2. The highest BCUT2D eigenvalue weighted by atomic mass is 35.5. The Morgan fingerprint density at radius 1 is 1.07 bits per heavy atom. The molecule has 5 nitrogen and oxygen atoms in total. The van der Waals surface area contributed by atoms with Crippen molar-refractivity contribution in [3.05, 3.63) is 52.5 Å². The van der Waals surface area contributed by atoms with Crippen LogP contribution in [0.1, 0.15) is 30.9 Å². The summed E-state index contributed by atoms with van der Waals surface area (Å²) in [6.07, 6.45) is 1.04. The normalized spacial score (nSPS) is 14.4. The van der Waals surface area contributed by atoms with E-state index in [0.29, 0.717) is 35.8 Å². The van der Waals surface area contributed by atoms with Crippen molar-refractivity contribution in [2.45, 2.75) is 33.6 Å². The number of hydrogen-bond donors (Lipinski definition) is 2. The maximum Gasteiger partial charge on any atom is 0.240 e. The predicted octanol–water partition coefficient (Wildman–Crippen LogP) is 4.71. The van der Waals surface area contributed by atoms with Crippen LogP contribution in [-0.2, 0) is 9.59 Å². The Bertz CT molecular complexity index is 850. The molecule has 0 aliphatic heterocycles. The molecule has 2 aromatic carbocycles. The highest BCUT2D eigenvalue weighted by molar-refractivity contribution is 6.34. The smallest absolute Gasteiger partial charge is 0.240 e. The van der Waals surface area contributed by atoms with Gasteiger partial charge in [-0.3, -0.25) is 9.59 Å². The van der Waals surface area contributed by atoms with Gasteiger partial charge in [0.25, 0.3) is 0 Å². The van der Waals surface area contributed by atoms with Crippen LogP contribution < -0.4 is 15.4 Å². The lowest BCUT2D eigenvalue weighted by molar-refractivity contribution is -0.131. The molecule has 1 fully saturated rings. The van der Waals surface area contributed by atoms with Gasteiger partial charge in [-0.25, -0.2) is 0 Å². The number of benzene rings is 2. The SMILES string of the molecule is CCOc1ccc(NC(=O)C2(C(=O)Nc3c(C)cc(C)cc3Cl)CC2)cc1. The van der Waals surface area contributed by atoms with Gasteiger partial charge in [0.05, 0.1) is 17.3 Å². The lowest BCUT2D eigenvalue weighted by atomic mass is 10.0. The molecule has 0 radical (unpaired) electrons. The summed E-state index contributed by atoms with van der Waals surface area (Å²) in [5.74, 6) is 0.115. The number of anilines is 2. The van der Waals surface area contributed by atoms with Gasteiger partial charge in [-0.2, -0.15) is 0 Å². The van der Waals surface area contributed by atoms with Gasteiger partial charge in [0.2, 0.25) is 11.8 Å². The van der Waals surface area contributed by atoms with E-state index in [1.54, 1.807) is 30.3 Å². The summed E-state index contributed by atoms with van der Waals surface area (Å²) < 4.78 is 5.39. The fraction of sp³-hybridized carbons (Fsp3) is 0.333. The first-order valence-electron chi connectivity index (χ1n) is 8.98. The van der Waals surface area contributed by atoms with Crippen molar-refractivity contribution in [2.24, 2.45) is 5.41 Å². The Hall–Kier alpha value is -2.53. The number of halogens is 1. The molecule has 1 aliphatic rings. The van der Waals surface area contributed by atoms with E-state index in [-0.39, 0.29) is 11.8 Å². The molecule has 0 spiro atoms. The number of aryl methyl sites for hydroxylation is 2. The Morgan fingerprint density at radius 3 is 2.26 bits per heavy atom. The molecule has 0 saturated heterocycles. The van der Waals surface area contributed by atoms with Crippen molar-refractivity contribution < 1.29 is 14.3 Å². The minimum absolute atomic E-state index is 0.301. The van der Waals surface area contributed by atoms with Gasteiger partial charge in [-0.1, -0.05) is 17.7 Å². The van der Waals surface area contributed by atoms with E-state index in [1.165, 1.54) is 0 Å². The second kappa shape index (κ2) is 7.61. The van der Waals surface area contributed by atoms with Crippen LogP contribution in [0.2, 0.25) is 5.02 Å². The summed E-state index contributed by atoms with van der Waals surface area (Å²) in [7, 11) is 0. The summed E-state index contributed by atoms with van der Waals surface area (Å²) in [4.78, 5) is 25.5. The third-order valence-corrected chi connectivity index (χ3v) is 5.01. The second-order valence-corrected chi connectivity index (χ2v) is 7.29. The fourth-order valence-electron chi connectivity index (χ4n) is 3.04. The predicted molar refractivity (Wildman–Crippen MR) is 107 cm³/mol. The molecule has 2 aromatic rings. The molecule has 0 aromatic heterocycles. The van der Waals surface area contributed by atoms with E-state index in [2.05, 4.69) is 10.6 Å². The molecule has 0 bridgehead atoms. The van der Waals surface area contributed by atoms with Crippen molar-refractivity contribution in [3.8, 4) is 5.75 Å². The van der Waals surface area contributed by atoms with Crippen LogP contribution >= 0.6 is 11.6 Å². The van der Waals surface area contributed by atoms with Gasteiger partial charge in [0.15, 0.2) is 0 Å². The standard InChI is InChI=1S/C21H23ClN2O3/c1-4-27-16-7-5-15(6-8-16)23-19(25)21(9-10-21)20(26)24-18-14(3)11-13(2)12-17(18)22/h5-8,11-12H,4,9-10H2,1-3H3,(H,23,25)(H,24,26). The first-order valence-corrected chi connectivity index (χ1v) is 9.36. The van der Waals surface area contributed by atoms with Gasteiger partial charge in [-0.15, -0.1) is 0 Å². The summed E-state index contributed by atoms with van der Waals surface area (Å²) in [6.45, 7) is 6.31. The number of amides is 2. The van der Waals surface area contributed by atoms with Crippen molar-refractivity contribution in [3.63, 3.8) is 0 Å². The molecule has 2 N–H and O–H groups in total. The number of ether oxygens (including phenoxy) is 1. The molecular weight excluding hydrogens is 364 g/mol. The first-order chi connectivity index (χ1) is 12.9. The Kier molecular flexibility index (Phi) is 5.42. The molecule has 3 rings (SSSR count). The van der Waals surface area contributed by atoms with Crippen LogP contribution in [0.25, 0.3) is 0 Å². The topological polar surface area (TPSA) is 67.4 Å². The average molecular weight is 387 g/mol. The van der Waals surface area contributed by atoms with E-state index in [9.17, 15) is 9.59 Å². The number of carbonyl (C=O) groups is 2. The summed E-state index contributed by atoms with van der Waals surface area (Å²) in [5.41, 5.74) is 2.04. The number of nitrogens with one attached hydrogen (secondary N) is 2. The van der Waals surface area contributed by atoms with Gasteiger partial charge in [0.1, 0.15) is 11.2 Å². The van der Waals surface area contributed by atoms with E-state index in [4.69, 9.17) is 16.3 Å². The Balaban J connectivity index is 1.70. The zero-order chi connectivity index (χ0) is 19.6. The summed E-state index contributed by atoms with van der Waals surface area (Å²) in [6, 6.07) is 10.8. The van der Waals surface area contributed by atoms with Crippen molar-refractivity contribution in [2.75, 3.05) is 17.2 Å². The third-order valence-electron chi connectivity index (χ3n) is 4.71. The number of rotatable bonds is 6. The van der Waals surface area contributed by atoms with Gasteiger partial charge in [0, 0.05) is 5.69 Å². The summed E-state index contributed by atoms with van der Waals surface area (Å²) in [5, 5.41) is 6.16. The molecule has 6 heteroatoms. The first kappa shape index (κ1) is 19.2. The monoisotopic (exact) mass is 386 g/mol. The zero-order valence-electron chi connectivity index (χ0n) is 15.7. The Morgan fingerprint density at radius 2 is 1.70 bits per heavy atom. The zero-order valence-corrected chi connectivity index (χ0v) is 16.4. The molecule has 27 heavy (non-hydrogen) atoms. The lowest BCUT2D eigenvalue weighted by Gasteiger charge is -2.18. The van der Waals surface area contributed by atoms with Crippen LogP contribution in [0, 0.1) is 19.3 Å². The second-order valence-electron chi connectivity index (χ2n) is 6.89. The van der Waals surface area contributed by atoms with E-state index >= 15 is 0 Å². The third kappa shape index (κ3) is 4.08. The maximum atomic E-state index is 12.8. The van der Waals surface area contributed by atoms with E-state index in [1.807, 2.05) is 26.8 Å². The minimum Gasteiger partial charge on any atom is -0.494 e. The van der Waals surface area contributed by atoms with Crippen LogP contribution in [0.4, 0.5) is 11.4 Å². The lowest BCUT2D eigenvalue weighted by Crippen LogP contribution is -2.35. The highest BCUT2D eigenvalue weighted by Crippen LogP contribution is 2.48. The van der Waals surface area contributed by atoms with E-state index < -0.39 is 5.41 Å². The van der Waals surface area contributed by atoms with E-state index in [0.717, 1.165) is 16.9 Å². The minimum atomic E-state index is -1.04. The molecule has 1 aliphatic carbocycles. The fourth-order valence-corrected chi connectivity index (χ4v) is 3.41. The van der Waals surface area contributed by atoms with Crippen LogP contribution in [0.15, 0.2) is 36.4 Å². The maximum absolute atomic E-state index is 12.8. The summed E-state index contributed by atoms with van der Waals surface area (Å²) >= 11 is 6.27. The van der Waals surface area contributed by atoms with Gasteiger partial charge >= 0.3 is 0 Å². The van der Waals surface area contributed by atoms with Crippen molar-refractivity contribution in [1.82, 2.24) is 0 Å². The van der Waals surface area contributed by atoms with Gasteiger partial charge < -0.3 is 15.4 Å². The molecule has 0 atom stereocenters. The Labute approximate surface area is 164 Å². The van der Waals surface area contributed by atoms with Crippen LogP contribution in [0.3, 0.4) is 0 Å². The molecule has 142 valence electrons. The molecular formula is C21H23ClN2O3. The van der Waals surface area contributed by atoms with Gasteiger partial charge in [-0.05, 0) is 75.1 Å². The van der Waals surface area contributed by atoms with Crippen molar-refractivity contribution >= 4 is 34.8 Å². The average Bonchev–Trinajstić information content (AvgIpc) is 3.42. The molecule has 0 unspecified atom stereocenters. The molecule has 1 saturated carbocycles. The molecule has 2 amide bonds. The van der Waals surface area contributed by atoms with Crippen LogP contribution in [-0.4, -0.2) is 18.4 Å².